The summed E-state index contributed by atoms with van der Waals surface area (Å²) in [6, 6.07) is 1.98. The summed E-state index contributed by atoms with van der Waals surface area (Å²) in [5, 5.41) is 14.5. The zero-order valence-electron chi connectivity index (χ0n) is 8.19. The molecule has 0 aliphatic carbocycles. The van der Waals surface area contributed by atoms with Crippen LogP contribution in [0.5, 0.6) is 0 Å². The summed E-state index contributed by atoms with van der Waals surface area (Å²) in [6.45, 7) is 2.69. The van der Waals surface area contributed by atoms with Crippen molar-refractivity contribution >= 4 is 11.3 Å². The Balaban J connectivity index is 2.34. The van der Waals surface area contributed by atoms with Crippen molar-refractivity contribution in [2.24, 2.45) is 0 Å². The Kier molecular flexibility index (Phi) is 2.61. The van der Waals surface area contributed by atoms with Crippen LogP contribution in [0.15, 0.2) is 28.7 Å². The Morgan fingerprint density at radius 1 is 1.64 bits per heavy atom. The quantitative estimate of drug-likeness (QED) is 0.831. The molecule has 1 aliphatic rings. The van der Waals surface area contributed by atoms with E-state index in [9.17, 15) is 5.11 Å². The lowest BCUT2D eigenvalue weighted by atomic mass is 9.85. The SMILES string of the molecule is CCC(O)(C1=COCC1)c1ccsc1. The highest BCUT2D eigenvalue weighted by Gasteiger charge is 2.33. The van der Waals surface area contributed by atoms with Crippen LogP contribution >= 0.6 is 11.3 Å². The van der Waals surface area contributed by atoms with Gasteiger partial charge in [0.2, 0.25) is 0 Å². The first kappa shape index (κ1) is 9.74. The van der Waals surface area contributed by atoms with Gasteiger partial charge in [-0.3, -0.25) is 0 Å². The first-order chi connectivity index (χ1) is 6.77. The van der Waals surface area contributed by atoms with Gasteiger partial charge in [-0.05, 0) is 28.8 Å². The van der Waals surface area contributed by atoms with Gasteiger partial charge >= 0.3 is 0 Å². The second kappa shape index (κ2) is 3.75. The molecule has 1 atom stereocenters. The molecular formula is C11H14O2S. The Bertz CT molecular complexity index is 329. The number of hydrogen-bond acceptors (Lipinski definition) is 3. The van der Waals surface area contributed by atoms with Crippen molar-refractivity contribution in [3.63, 3.8) is 0 Å². The molecule has 0 spiro atoms. The van der Waals surface area contributed by atoms with Gasteiger partial charge in [-0.15, -0.1) is 0 Å². The van der Waals surface area contributed by atoms with Crippen molar-refractivity contribution in [3.05, 3.63) is 34.2 Å². The minimum absolute atomic E-state index is 0.693. The van der Waals surface area contributed by atoms with E-state index in [1.807, 2.05) is 23.8 Å². The first-order valence-corrected chi connectivity index (χ1v) is 5.78. The fourth-order valence-electron chi connectivity index (χ4n) is 1.81. The van der Waals surface area contributed by atoms with Crippen LogP contribution in [0.25, 0.3) is 0 Å². The Morgan fingerprint density at radius 2 is 2.50 bits per heavy atom. The maximum atomic E-state index is 10.5. The van der Waals surface area contributed by atoms with Gasteiger partial charge in [0, 0.05) is 12.0 Å². The molecule has 1 N–H and O–H groups in total. The Labute approximate surface area is 87.8 Å². The molecule has 0 radical (unpaired) electrons. The third kappa shape index (κ3) is 1.47. The molecule has 14 heavy (non-hydrogen) atoms. The van der Waals surface area contributed by atoms with Crippen LogP contribution < -0.4 is 0 Å². The first-order valence-electron chi connectivity index (χ1n) is 4.83. The molecular weight excluding hydrogens is 196 g/mol. The number of ether oxygens (including phenoxy) is 1. The number of thiophene rings is 1. The van der Waals surface area contributed by atoms with Gasteiger partial charge < -0.3 is 9.84 Å². The van der Waals surface area contributed by atoms with Crippen LogP contribution in [0.4, 0.5) is 0 Å². The summed E-state index contributed by atoms with van der Waals surface area (Å²) in [5.41, 5.74) is 1.18. The summed E-state index contributed by atoms with van der Waals surface area (Å²) >= 11 is 1.61. The van der Waals surface area contributed by atoms with E-state index in [4.69, 9.17) is 4.74 Å². The summed E-state index contributed by atoms with van der Waals surface area (Å²) in [7, 11) is 0. The highest BCUT2D eigenvalue weighted by atomic mass is 32.1. The molecule has 0 saturated heterocycles. The van der Waals surface area contributed by atoms with E-state index in [1.165, 1.54) is 0 Å². The lowest BCUT2D eigenvalue weighted by Gasteiger charge is -2.26. The van der Waals surface area contributed by atoms with Crippen molar-refractivity contribution in [2.75, 3.05) is 6.61 Å². The molecule has 2 rings (SSSR count). The van der Waals surface area contributed by atoms with Gasteiger partial charge in [-0.25, -0.2) is 0 Å². The van der Waals surface area contributed by atoms with E-state index >= 15 is 0 Å². The van der Waals surface area contributed by atoms with Gasteiger partial charge in [0.05, 0.1) is 12.9 Å². The average molecular weight is 210 g/mol. The molecule has 1 unspecified atom stereocenters. The lowest BCUT2D eigenvalue weighted by molar-refractivity contribution is 0.0702. The summed E-state index contributed by atoms with van der Waals surface area (Å²) < 4.78 is 5.18. The van der Waals surface area contributed by atoms with Crippen LogP contribution in [0.3, 0.4) is 0 Å². The smallest absolute Gasteiger partial charge is 0.115 e. The van der Waals surface area contributed by atoms with E-state index in [0.29, 0.717) is 13.0 Å². The van der Waals surface area contributed by atoms with Gasteiger partial charge in [0.1, 0.15) is 5.60 Å². The molecule has 0 fully saturated rings. The molecule has 0 amide bonds. The molecule has 0 aromatic carbocycles. The minimum atomic E-state index is -0.809. The average Bonchev–Trinajstić information content (AvgIpc) is 2.88. The predicted molar refractivity (Wildman–Crippen MR) is 57.2 cm³/mol. The van der Waals surface area contributed by atoms with Crippen LogP contribution in [-0.4, -0.2) is 11.7 Å². The van der Waals surface area contributed by atoms with E-state index in [2.05, 4.69) is 0 Å². The lowest BCUT2D eigenvalue weighted by Crippen LogP contribution is -2.26. The third-order valence-corrected chi connectivity index (χ3v) is 3.44. The normalized spacial score (nSPS) is 20.0. The molecule has 0 saturated carbocycles. The van der Waals surface area contributed by atoms with Crippen LogP contribution in [0.1, 0.15) is 25.3 Å². The van der Waals surface area contributed by atoms with Gasteiger partial charge in [-0.2, -0.15) is 11.3 Å². The maximum Gasteiger partial charge on any atom is 0.115 e. The van der Waals surface area contributed by atoms with Crippen LogP contribution in [0, 0.1) is 0 Å². The highest BCUT2D eigenvalue weighted by molar-refractivity contribution is 7.08. The van der Waals surface area contributed by atoms with Crippen molar-refractivity contribution in [1.29, 1.82) is 0 Å². The number of aliphatic hydroxyl groups is 1. The Morgan fingerprint density at radius 3 is 3.00 bits per heavy atom. The minimum Gasteiger partial charge on any atom is -0.501 e. The van der Waals surface area contributed by atoms with E-state index < -0.39 is 5.60 Å². The maximum absolute atomic E-state index is 10.5. The van der Waals surface area contributed by atoms with Crippen molar-refractivity contribution in [1.82, 2.24) is 0 Å². The van der Waals surface area contributed by atoms with Gasteiger partial charge in [0.25, 0.3) is 0 Å². The van der Waals surface area contributed by atoms with Crippen molar-refractivity contribution < 1.29 is 9.84 Å². The Hall–Kier alpha value is -0.800. The van der Waals surface area contributed by atoms with Crippen LogP contribution in [0.2, 0.25) is 0 Å². The fraction of sp³-hybridized carbons (Fsp3) is 0.455. The third-order valence-electron chi connectivity index (χ3n) is 2.76. The van der Waals surface area contributed by atoms with E-state index in [1.54, 1.807) is 17.6 Å². The topological polar surface area (TPSA) is 29.5 Å². The van der Waals surface area contributed by atoms with E-state index in [0.717, 1.165) is 17.6 Å². The summed E-state index contributed by atoms with van der Waals surface area (Å²) in [4.78, 5) is 0. The number of hydrogen-bond donors (Lipinski definition) is 1. The standard InChI is InChI=1S/C11H14O2S/c1-2-11(12,9-3-5-13-7-9)10-4-6-14-8-10/h4,6-8,12H,2-3,5H2,1H3. The monoisotopic (exact) mass is 210 g/mol. The zero-order valence-corrected chi connectivity index (χ0v) is 9.01. The fourth-order valence-corrected chi connectivity index (χ4v) is 2.53. The second-order valence-corrected chi connectivity index (χ2v) is 4.27. The molecule has 0 bridgehead atoms. The second-order valence-electron chi connectivity index (χ2n) is 3.49. The molecule has 3 heteroatoms. The zero-order chi connectivity index (χ0) is 10.0. The van der Waals surface area contributed by atoms with Crippen molar-refractivity contribution in [2.45, 2.75) is 25.4 Å². The summed E-state index contributed by atoms with van der Waals surface area (Å²) in [6.07, 6.45) is 3.24. The largest absolute Gasteiger partial charge is 0.501 e. The van der Waals surface area contributed by atoms with Gasteiger partial charge in [-0.1, -0.05) is 6.92 Å². The van der Waals surface area contributed by atoms with Crippen LogP contribution in [-0.2, 0) is 10.3 Å². The molecule has 1 aromatic rings. The predicted octanol–water partition coefficient (Wildman–Crippen LogP) is 2.65. The molecule has 2 nitrogen and oxygen atoms in total. The number of rotatable bonds is 3. The molecule has 76 valence electrons. The molecule has 1 aliphatic heterocycles. The molecule has 2 heterocycles. The van der Waals surface area contributed by atoms with Gasteiger partial charge in [0.15, 0.2) is 0 Å². The molecule has 1 aromatic heterocycles. The van der Waals surface area contributed by atoms with E-state index in [-0.39, 0.29) is 0 Å². The highest BCUT2D eigenvalue weighted by Crippen LogP contribution is 2.37. The van der Waals surface area contributed by atoms with Crippen molar-refractivity contribution in [3.8, 4) is 0 Å². The summed E-state index contributed by atoms with van der Waals surface area (Å²) in [5.74, 6) is 0.